The highest BCUT2D eigenvalue weighted by atomic mass is 16.6. The molecule has 116 valence electrons. The molecule has 0 bridgehead atoms. The van der Waals surface area contributed by atoms with E-state index in [9.17, 15) is 10.1 Å². The number of hydrogen-bond acceptors (Lipinski definition) is 5. The lowest BCUT2D eigenvalue weighted by atomic mass is 10.2. The van der Waals surface area contributed by atoms with Gasteiger partial charge in [0.15, 0.2) is 11.5 Å². The number of benzene rings is 2. The fourth-order valence-corrected chi connectivity index (χ4v) is 1.81. The van der Waals surface area contributed by atoms with Crippen molar-refractivity contribution in [2.75, 3.05) is 20.3 Å². The molecule has 2 aromatic carbocycles. The molecule has 0 saturated carbocycles. The Hall–Kier alpha value is -2.60. The highest BCUT2D eigenvalue weighted by Gasteiger charge is 2.13. The molecule has 2 aromatic rings. The number of rotatable bonds is 8. The number of nitrogens with zero attached hydrogens (tertiary/aromatic N) is 1. The fraction of sp³-hybridized carbons (Fsp3) is 0.250. The van der Waals surface area contributed by atoms with E-state index in [4.69, 9.17) is 14.2 Å². The smallest absolute Gasteiger partial charge is 0.273 e. The van der Waals surface area contributed by atoms with Gasteiger partial charge in [0, 0.05) is 13.2 Å². The largest absolute Gasteiger partial charge is 0.487 e. The van der Waals surface area contributed by atoms with Gasteiger partial charge in [0.2, 0.25) is 0 Å². The van der Waals surface area contributed by atoms with E-state index in [2.05, 4.69) is 0 Å². The molecule has 0 unspecified atom stereocenters. The number of methoxy groups -OCH3 is 1. The van der Waals surface area contributed by atoms with E-state index < -0.39 is 4.92 Å². The van der Waals surface area contributed by atoms with Crippen LogP contribution in [0.2, 0.25) is 0 Å². The summed E-state index contributed by atoms with van der Waals surface area (Å²) in [7, 11) is 1.56. The molecule has 0 spiro atoms. The second-order valence-corrected chi connectivity index (χ2v) is 4.50. The normalized spacial score (nSPS) is 10.2. The van der Waals surface area contributed by atoms with Crippen molar-refractivity contribution in [1.82, 2.24) is 0 Å². The predicted octanol–water partition coefficient (Wildman–Crippen LogP) is 3.20. The standard InChI is InChI=1S/C16H17NO5/c1-20-9-10-21-16-11-14(17(18)19)7-8-15(16)22-12-13-5-3-2-4-6-13/h2-8,11H,9-10,12H2,1H3. The van der Waals surface area contributed by atoms with Crippen molar-refractivity contribution in [3.63, 3.8) is 0 Å². The summed E-state index contributed by atoms with van der Waals surface area (Å²) in [6, 6.07) is 13.9. The van der Waals surface area contributed by atoms with Gasteiger partial charge in [-0.1, -0.05) is 30.3 Å². The monoisotopic (exact) mass is 303 g/mol. The Kier molecular flexibility index (Phi) is 5.73. The molecule has 0 fully saturated rings. The molecule has 2 rings (SSSR count). The van der Waals surface area contributed by atoms with E-state index in [1.165, 1.54) is 12.1 Å². The van der Waals surface area contributed by atoms with E-state index >= 15 is 0 Å². The highest BCUT2D eigenvalue weighted by molar-refractivity contribution is 5.48. The van der Waals surface area contributed by atoms with Crippen molar-refractivity contribution in [1.29, 1.82) is 0 Å². The third-order valence-corrected chi connectivity index (χ3v) is 2.92. The van der Waals surface area contributed by atoms with Gasteiger partial charge in [-0.25, -0.2) is 0 Å². The van der Waals surface area contributed by atoms with Gasteiger partial charge in [0.25, 0.3) is 5.69 Å². The minimum Gasteiger partial charge on any atom is -0.487 e. The van der Waals surface area contributed by atoms with Crippen molar-refractivity contribution < 1.29 is 19.1 Å². The maximum absolute atomic E-state index is 10.9. The molecule has 0 amide bonds. The maximum Gasteiger partial charge on any atom is 0.273 e. The summed E-state index contributed by atoms with van der Waals surface area (Å²) in [5.41, 5.74) is 0.961. The van der Waals surface area contributed by atoms with Gasteiger partial charge in [0.05, 0.1) is 17.6 Å². The molecule has 0 aliphatic rings. The number of nitro benzene ring substituents is 1. The van der Waals surface area contributed by atoms with Crippen molar-refractivity contribution in [2.24, 2.45) is 0 Å². The van der Waals surface area contributed by atoms with Crippen LogP contribution in [0.5, 0.6) is 11.5 Å². The number of non-ortho nitro benzene ring substituents is 1. The van der Waals surface area contributed by atoms with Gasteiger partial charge in [0.1, 0.15) is 13.2 Å². The summed E-state index contributed by atoms with van der Waals surface area (Å²) in [6.45, 7) is 1.04. The molecule has 0 aromatic heterocycles. The lowest BCUT2D eigenvalue weighted by Gasteiger charge is -2.12. The van der Waals surface area contributed by atoms with Crippen molar-refractivity contribution in [3.8, 4) is 11.5 Å². The first kappa shape index (κ1) is 15.8. The first-order valence-electron chi connectivity index (χ1n) is 6.77. The van der Waals surface area contributed by atoms with Gasteiger partial charge in [-0.2, -0.15) is 0 Å². The summed E-state index contributed by atoms with van der Waals surface area (Å²) >= 11 is 0. The van der Waals surface area contributed by atoms with Crippen LogP contribution in [0.3, 0.4) is 0 Å². The Morgan fingerprint density at radius 1 is 1.00 bits per heavy atom. The van der Waals surface area contributed by atoms with E-state index in [-0.39, 0.29) is 5.69 Å². The fourth-order valence-electron chi connectivity index (χ4n) is 1.81. The minimum absolute atomic E-state index is 0.0422. The molecule has 0 heterocycles. The van der Waals surface area contributed by atoms with Crippen LogP contribution in [-0.4, -0.2) is 25.2 Å². The molecule has 0 aliphatic carbocycles. The Labute approximate surface area is 128 Å². The van der Waals surface area contributed by atoms with Crippen LogP contribution in [0, 0.1) is 10.1 Å². The number of hydrogen-bond donors (Lipinski definition) is 0. The summed E-state index contributed by atoms with van der Waals surface area (Å²) in [5.74, 6) is 0.799. The average molecular weight is 303 g/mol. The molecular weight excluding hydrogens is 286 g/mol. The molecule has 6 nitrogen and oxygen atoms in total. The van der Waals surface area contributed by atoms with E-state index in [1.54, 1.807) is 13.2 Å². The predicted molar refractivity (Wildman–Crippen MR) is 81.2 cm³/mol. The topological polar surface area (TPSA) is 70.8 Å². The summed E-state index contributed by atoms with van der Waals surface area (Å²) < 4.78 is 16.1. The molecule has 0 aliphatic heterocycles. The lowest BCUT2D eigenvalue weighted by Crippen LogP contribution is -2.06. The van der Waals surface area contributed by atoms with Crippen molar-refractivity contribution >= 4 is 5.69 Å². The van der Waals surface area contributed by atoms with Crippen LogP contribution >= 0.6 is 0 Å². The van der Waals surface area contributed by atoms with Gasteiger partial charge < -0.3 is 14.2 Å². The van der Waals surface area contributed by atoms with Crippen LogP contribution in [0.1, 0.15) is 5.56 Å². The van der Waals surface area contributed by atoms with Crippen LogP contribution in [0.4, 0.5) is 5.69 Å². The number of ether oxygens (including phenoxy) is 3. The minimum atomic E-state index is -0.468. The third-order valence-electron chi connectivity index (χ3n) is 2.92. The Morgan fingerprint density at radius 2 is 1.77 bits per heavy atom. The molecule has 0 radical (unpaired) electrons. The second-order valence-electron chi connectivity index (χ2n) is 4.50. The Morgan fingerprint density at radius 3 is 2.45 bits per heavy atom. The highest BCUT2D eigenvalue weighted by Crippen LogP contribution is 2.32. The van der Waals surface area contributed by atoms with Gasteiger partial charge in [-0.15, -0.1) is 0 Å². The zero-order chi connectivity index (χ0) is 15.8. The van der Waals surface area contributed by atoms with E-state index in [1.807, 2.05) is 30.3 Å². The SMILES string of the molecule is COCCOc1cc([N+](=O)[O-])ccc1OCc1ccccc1. The Balaban J connectivity index is 2.12. The van der Waals surface area contributed by atoms with Crippen LogP contribution in [0.25, 0.3) is 0 Å². The third kappa shape index (κ3) is 4.46. The molecule has 0 atom stereocenters. The van der Waals surface area contributed by atoms with Gasteiger partial charge in [-0.3, -0.25) is 10.1 Å². The van der Waals surface area contributed by atoms with E-state index in [0.29, 0.717) is 31.3 Å². The molecule has 0 saturated heterocycles. The van der Waals surface area contributed by atoms with Gasteiger partial charge in [-0.05, 0) is 11.6 Å². The van der Waals surface area contributed by atoms with Crippen LogP contribution in [0.15, 0.2) is 48.5 Å². The second kappa shape index (κ2) is 7.99. The summed E-state index contributed by atoms with van der Waals surface area (Å²) in [4.78, 5) is 10.4. The zero-order valence-electron chi connectivity index (χ0n) is 12.2. The van der Waals surface area contributed by atoms with Crippen LogP contribution in [-0.2, 0) is 11.3 Å². The van der Waals surface area contributed by atoms with Crippen molar-refractivity contribution in [3.05, 3.63) is 64.2 Å². The first-order chi connectivity index (χ1) is 10.7. The summed E-state index contributed by atoms with van der Waals surface area (Å²) in [6.07, 6.45) is 0. The van der Waals surface area contributed by atoms with Crippen molar-refractivity contribution in [2.45, 2.75) is 6.61 Å². The molecular formula is C16H17NO5. The number of nitro groups is 1. The molecule has 22 heavy (non-hydrogen) atoms. The zero-order valence-corrected chi connectivity index (χ0v) is 12.2. The van der Waals surface area contributed by atoms with E-state index in [0.717, 1.165) is 5.56 Å². The van der Waals surface area contributed by atoms with Crippen LogP contribution < -0.4 is 9.47 Å². The lowest BCUT2D eigenvalue weighted by molar-refractivity contribution is -0.385. The maximum atomic E-state index is 10.9. The average Bonchev–Trinajstić information content (AvgIpc) is 2.54. The molecule has 6 heteroatoms. The Bertz CT molecular complexity index is 615. The van der Waals surface area contributed by atoms with Gasteiger partial charge >= 0.3 is 0 Å². The molecule has 0 N–H and O–H groups in total. The summed E-state index contributed by atoms with van der Waals surface area (Å²) in [5, 5.41) is 10.9. The quantitative estimate of drug-likeness (QED) is 0.425. The first-order valence-corrected chi connectivity index (χ1v) is 6.77.